The molecule has 0 heterocycles. The Bertz CT molecular complexity index is 1730. The van der Waals surface area contributed by atoms with Crippen molar-refractivity contribution in [1.82, 2.24) is 0 Å². The zero-order chi connectivity index (χ0) is 37.2. The smallest absolute Gasteiger partial charge is 0.412 e. The Hall–Kier alpha value is -5.79. The van der Waals surface area contributed by atoms with E-state index in [-0.39, 0.29) is 58.3 Å². The monoisotopic (exact) mass is 692 g/mol. The van der Waals surface area contributed by atoms with E-state index in [1.165, 1.54) is 55.6 Å². The Labute approximate surface area is 290 Å². The maximum absolute atomic E-state index is 13.5. The molecule has 0 aliphatic heterocycles. The van der Waals surface area contributed by atoms with Gasteiger partial charge in [0.05, 0.1) is 42.4 Å². The van der Waals surface area contributed by atoms with Crippen LogP contribution in [0.15, 0.2) is 54.6 Å². The van der Waals surface area contributed by atoms with Crippen molar-refractivity contribution in [3.63, 3.8) is 0 Å². The minimum atomic E-state index is -0.757. The topological polar surface area (TPSA) is 194 Å². The molecule has 0 saturated heterocycles. The third-order valence-corrected chi connectivity index (χ3v) is 6.33. The third-order valence-electron chi connectivity index (χ3n) is 6.33. The molecule has 14 heteroatoms. The average molecular weight is 693 g/mol. The summed E-state index contributed by atoms with van der Waals surface area (Å²) in [4.78, 5) is 62.7. The number of rotatable bonds is 14. The van der Waals surface area contributed by atoms with Gasteiger partial charge in [0, 0.05) is 11.1 Å². The highest BCUT2D eigenvalue weighted by atomic mass is 16.6. The van der Waals surface area contributed by atoms with E-state index in [2.05, 4.69) is 16.0 Å². The van der Waals surface area contributed by atoms with Crippen molar-refractivity contribution in [3.05, 3.63) is 71.3 Å². The third kappa shape index (κ3) is 11.7. The number of esters is 1. The molecule has 5 N–H and O–H groups in total. The van der Waals surface area contributed by atoms with Gasteiger partial charge in [-0.05, 0) is 95.1 Å². The number of carbonyl (C=O) groups excluding carboxylic acids is 5. The highest BCUT2D eigenvalue weighted by molar-refractivity contribution is 6.08. The number of amides is 4. The standard InChI is InChI=1S/C36H44N4O10/c1-20(2)18-47-28-15-22(32(42)39-26-14-11-24(34(44)46-8)17-29(26)48-19-31(37)41)9-12-25(28)38-33(43)23-10-13-27(30(16-23)49-21(3)4)40-35(45)50-36(5,6)7/h9-17,20-21H,18-19H2,1-8H3,(H2,37,41)(H,38,43)(H,39,42)(H,40,45). The SMILES string of the molecule is COC(=O)c1ccc(NC(=O)c2ccc(NC(=O)c3ccc(NC(=O)OC(C)(C)C)c(OC(C)C)c3)c(OCC(C)C)c2)c(OCC(N)=O)c1. The van der Waals surface area contributed by atoms with Crippen molar-refractivity contribution in [2.75, 3.05) is 36.3 Å². The summed E-state index contributed by atoms with van der Waals surface area (Å²) in [5, 5.41) is 8.19. The second-order valence-corrected chi connectivity index (χ2v) is 12.8. The van der Waals surface area contributed by atoms with Crippen molar-refractivity contribution < 1.29 is 47.7 Å². The molecule has 50 heavy (non-hydrogen) atoms. The maximum Gasteiger partial charge on any atom is 0.412 e. The maximum atomic E-state index is 13.5. The highest BCUT2D eigenvalue weighted by Gasteiger charge is 2.21. The van der Waals surface area contributed by atoms with Crippen LogP contribution in [-0.4, -0.2) is 61.8 Å². The van der Waals surface area contributed by atoms with Crippen molar-refractivity contribution in [2.24, 2.45) is 11.7 Å². The Morgan fingerprint density at radius 2 is 1.18 bits per heavy atom. The molecule has 0 spiro atoms. The van der Waals surface area contributed by atoms with Crippen LogP contribution in [0.25, 0.3) is 0 Å². The van der Waals surface area contributed by atoms with Gasteiger partial charge in [0.15, 0.2) is 6.61 Å². The predicted molar refractivity (Wildman–Crippen MR) is 187 cm³/mol. The summed E-state index contributed by atoms with van der Waals surface area (Å²) >= 11 is 0. The van der Waals surface area contributed by atoms with E-state index in [1.807, 2.05) is 27.7 Å². The lowest BCUT2D eigenvalue weighted by Crippen LogP contribution is -2.27. The number of carbonyl (C=O) groups is 5. The Kier molecular flexibility index (Phi) is 13.2. The first kappa shape index (κ1) is 38.7. The molecule has 3 aromatic rings. The van der Waals surface area contributed by atoms with Crippen LogP contribution < -0.4 is 35.9 Å². The molecule has 0 atom stereocenters. The predicted octanol–water partition coefficient (Wildman–Crippen LogP) is 6.01. The zero-order valence-electron chi connectivity index (χ0n) is 29.4. The molecule has 0 aromatic heterocycles. The number of primary amides is 1. The van der Waals surface area contributed by atoms with E-state index in [4.69, 9.17) is 29.4 Å². The number of hydrogen-bond donors (Lipinski definition) is 4. The number of methoxy groups -OCH3 is 1. The Morgan fingerprint density at radius 3 is 1.66 bits per heavy atom. The molecule has 0 bridgehead atoms. The van der Waals surface area contributed by atoms with Gasteiger partial charge in [-0.2, -0.15) is 0 Å². The molecule has 0 radical (unpaired) electrons. The lowest BCUT2D eigenvalue weighted by atomic mass is 10.1. The fourth-order valence-corrected chi connectivity index (χ4v) is 4.20. The summed E-state index contributed by atoms with van der Waals surface area (Å²) in [6, 6.07) is 13.2. The molecular weight excluding hydrogens is 648 g/mol. The summed E-state index contributed by atoms with van der Waals surface area (Å²) in [6.45, 7) is 12.5. The number of anilines is 3. The van der Waals surface area contributed by atoms with Crippen LogP contribution in [0, 0.1) is 5.92 Å². The number of ether oxygens (including phenoxy) is 5. The van der Waals surface area contributed by atoms with Crippen LogP contribution in [0.1, 0.15) is 79.5 Å². The van der Waals surface area contributed by atoms with E-state index in [1.54, 1.807) is 26.8 Å². The van der Waals surface area contributed by atoms with E-state index < -0.39 is 42.0 Å². The van der Waals surface area contributed by atoms with Gasteiger partial charge in [-0.25, -0.2) is 9.59 Å². The van der Waals surface area contributed by atoms with Gasteiger partial charge in [0.1, 0.15) is 22.8 Å². The van der Waals surface area contributed by atoms with Crippen LogP contribution in [0.5, 0.6) is 17.2 Å². The first-order valence-electron chi connectivity index (χ1n) is 15.8. The lowest BCUT2D eigenvalue weighted by molar-refractivity contribution is -0.119. The minimum Gasteiger partial charge on any atom is -0.491 e. The summed E-state index contributed by atoms with van der Waals surface area (Å²) in [7, 11) is 1.22. The fourth-order valence-electron chi connectivity index (χ4n) is 4.20. The average Bonchev–Trinajstić information content (AvgIpc) is 3.02. The van der Waals surface area contributed by atoms with E-state index in [0.717, 1.165) is 0 Å². The second kappa shape index (κ2) is 17.0. The molecule has 0 unspecified atom stereocenters. The second-order valence-electron chi connectivity index (χ2n) is 12.8. The van der Waals surface area contributed by atoms with Crippen molar-refractivity contribution in [2.45, 2.75) is 60.2 Å². The molecule has 0 aliphatic rings. The first-order chi connectivity index (χ1) is 23.4. The fraction of sp³-hybridized carbons (Fsp3) is 0.361. The quantitative estimate of drug-likeness (QED) is 0.145. The summed E-state index contributed by atoms with van der Waals surface area (Å²) in [5.41, 5.74) is 5.81. The summed E-state index contributed by atoms with van der Waals surface area (Å²) in [6.07, 6.45) is -0.939. The van der Waals surface area contributed by atoms with Gasteiger partial charge in [-0.3, -0.25) is 19.7 Å². The lowest BCUT2D eigenvalue weighted by Gasteiger charge is -2.21. The van der Waals surface area contributed by atoms with Crippen LogP contribution in [0.3, 0.4) is 0 Å². The van der Waals surface area contributed by atoms with Crippen molar-refractivity contribution in [3.8, 4) is 17.2 Å². The summed E-state index contributed by atoms with van der Waals surface area (Å²) < 4.78 is 27.4. The van der Waals surface area contributed by atoms with E-state index in [9.17, 15) is 24.0 Å². The Balaban J connectivity index is 1.89. The highest BCUT2D eigenvalue weighted by Crippen LogP contribution is 2.32. The molecule has 0 saturated carbocycles. The zero-order valence-corrected chi connectivity index (χ0v) is 29.4. The molecular formula is C36H44N4O10. The number of nitrogens with two attached hydrogens (primary N) is 1. The normalized spacial score (nSPS) is 11.0. The molecule has 268 valence electrons. The van der Waals surface area contributed by atoms with Gasteiger partial charge in [-0.1, -0.05) is 13.8 Å². The van der Waals surface area contributed by atoms with Crippen LogP contribution in [-0.2, 0) is 14.3 Å². The number of hydrogen-bond acceptors (Lipinski definition) is 10. The minimum absolute atomic E-state index is 0.0216. The molecule has 0 fully saturated rings. The molecule has 4 amide bonds. The van der Waals surface area contributed by atoms with Gasteiger partial charge in [0.25, 0.3) is 17.7 Å². The number of nitrogens with one attached hydrogen (secondary N) is 3. The van der Waals surface area contributed by atoms with Crippen LogP contribution in [0.4, 0.5) is 21.9 Å². The number of benzene rings is 3. The first-order valence-corrected chi connectivity index (χ1v) is 15.8. The molecule has 0 aliphatic carbocycles. The van der Waals surface area contributed by atoms with Gasteiger partial charge in [-0.15, -0.1) is 0 Å². The molecule has 14 nitrogen and oxygen atoms in total. The van der Waals surface area contributed by atoms with Gasteiger partial charge < -0.3 is 40.1 Å². The van der Waals surface area contributed by atoms with Crippen LogP contribution >= 0.6 is 0 Å². The van der Waals surface area contributed by atoms with Gasteiger partial charge >= 0.3 is 12.1 Å². The van der Waals surface area contributed by atoms with Gasteiger partial charge in [0.2, 0.25) is 0 Å². The summed E-state index contributed by atoms with van der Waals surface area (Å²) in [5.74, 6) is -1.84. The van der Waals surface area contributed by atoms with Crippen LogP contribution in [0.2, 0.25) is 0 Å². The largest absolute Gasteiger partial charge is 0.491 e. The molecule has 3 aromatic carbocycles. The Morgan fingerprint density at radius 1 is 0.700 bits per heavy atom. The van der Waals surface area contributed by atoms with Crippen molar-refractivity contribution >= 4 is 46.8 Å². The van der Waals surface area contributed by atoms with E-state index in [0.29, 0.717) is 11.4 Å². The van der Waals surface area contributed by atoms with Crippen molar-refractivity contribution in [1.29, 1.82) is 0 Å². The van der Waals surface area contributed by atoms with E-state index >= 15 is 0 Å². The molecule has 3 rings (SSSR count).